The number of ether oxygens (including phenoxy) is 1. The number of imide groups is 1. The summed E-state index contributed by atoms with van der Waals surface area (Å²) >= 11 is 0. The van der Waals surface area contributed by atoms with E-state index in [4.69, 9.17) is 4.74 Å². The Morgan fingerprint density at radius 1 is 1.03 bits per heavy atom. The van der Waals surface area contributed by atoms with Gasteiger partial charge in [0.25, 0.3) is 5.69 Å². The lowest BCUT2D eigenvalue weighted by molar-refractivity contribution is -0.384. The van der Waals surface area contributed by atoms with Gasteiger partial charge in [-0.1, -0.05) is 48.6 Å². The number of hydrogen-bond acceptors (Lipinski definition) is 7. The number of nitrogens with zero attached hydrogens (tertiary/aromatic N) is 3. The predicted molar refractivity (Wildman–Crippen MR) is 137 cm³/mol. The van der Waals surface area contributed by atoms with Crippen LogP contribution in [-0.4, -0.2) is 41.4 Å². The second-order valence-corrected chi connectivity index (χ2v) is 9.46. The third-order valence-corrected chi connectivity index (χ3v) is 7.59. The summed E-state index contributed by atoms with van der Waals surface area (Å²) in [6.45, 7) is 3.51. The van der Waals surface area contributed by atoms with Gasteiger partial charge in [0.2, 0.25) is 11.8 Å². The zero-order chi connectivity index (χ0) is 26.0. The number of esters is 1. The Hall–Kier alpha value is -4.53. The molecular formula is C28H23N3O6. The first kappa shape index (κ1) is 22.9. The summed E-state index contributed by atoms with van der Waals surface area (Å²) in [5, 5.41) is 13.4. The number of aryl methyl sites for hydroxylation is 1. The fourth-order valence-electron chi connectivity index (χ4n) is 6.01. The molecule has 0 unspecified atom stereocenters. The second-order valence-electron chi connectivity index (χ2n) is 9.46. The number of carbonyl (C=O) groups is 3. The van der Waals surface area contributed by atoms with Crippen molar-refractivity contribution in [2.24, 2.45) is 11.8 Å². The fraction of sp³-hybridized carbons (Fsp3) is 0.250. The summed E-state index contributed by atoms with van der Waals surface area (Å²) in [7, 11) is 0. The average molecular weight is 498 g/mol. The summed E-state index contributed by atoms with van der Waals surface area (Å²) in [6, 6.07) is 14.3. The number of amides is 2. The molecule has 3 aromatic rings. The van der Waals surface area contributed by atoms with Crippen LogP contribution in [0.3, 0.4) is 0 Å². The number of nitro groups is 1. The van der Waals surface area contributed by atoms with Crippen molar-refractivity contribution >= 4 is 51.7 Å². The maximum atomic E-state index is 13.9. The second kappa shape index (κ2) is 8.26. The molecule has 0 spiro atoms. The van der Waals surface area contributed by atoms with Gasteiger partial charge >= 0.3 is 5.97 Å². The molecule has 2 amide bonds. The molecule has 0 saturated carbocycles. The van der Waals surface area contributed by atoms with Gasteiger partial charge in [0, 0.05) is 23.4 Å². The molecule has 4 atom stereocenters. The Balaban J connectivity index is 1.50. The average Bonchev–Trinajstić information content (AvgIpc) is 3.37. The molecule has 3 aromatic carbocycles. The number of carbonyl (C=O) groups excluding carboxylic acids is 3. The third-order valence-electron chi connectivity index (χ3n) is 7.59. The van der Waals surface area contributed by atoms with E-state index in [0.29, 0.717) is 5.56 Å². The fourth-order valence-corrected chi connectivity index (χ4v) is 6.01. The molecule has 0 bridgehead atoms. The number of rotatable bonds is 4. The lowest BCUT2D eigenvalue weighted by atomic mass is 9.88. The molecule has 3 aliphatic rings. The number of nitro benzene ring substituents is 1. The summed E-state index contributed by atoms with van der Waals surface area (Å²) in [6.07, 6.45) is 3.82. The summed E-state index contributed by atoms with van der Waals surface area (Å²) < 4.78 is 5.41. The van der Waals surface area contributed by atoms with Gasteiger partial charge < -0.3 is 9.64 Å². The van der Waals surface area contributed by atoms with E-state index in [9.17, 15) is 24.5 Å². The van der Waals surface area contributed by atoms with Crippen molar-refractivity contribution in [2.75, 3.05) is 16.4 Å². The molecule has 0 N–H and O–H groups in total. The van der Waals surface area contributed by atoms with Crippen LogP contribution in [0.15, 0.2) is 60.7 Å². The van der Waals surface area contributed by atoms with Crippen LogP contribution in [0.25, 0.3) is 16.8 Å². The van der Waals surface area contributed by atoms with E-state index in [2.05, 4.69) is 0 Å². The molecule has 9 nitrogen and oxygen atoms in total. The van der Waals surface area contributed by atoms with E-state index in [1.807, 2.05) is 53.5 Å². The highest BCUT2D eigenvalue weighted by Crippen LogP contribution is 2.50. The molecule has 3 heterocycles. The van der Waals surface area contributed by atoms with Crippen molar-refractivity contribution in [3.8, 4) is 0 Å². The number of non-ortho nitro benzene ring substituents is 1. The summed E-state index contributed by atoms with van der Waals surface area (Å²) in [5.74, 6) is -3.43. The lowest BCUT2D eigenvalue weighted by Gasteiger charge is -2.36. The molecule has 2 saturated heterocycles. The van der Waals surface area contributed by atoms with Crippen LogP contribution >= 0.6 is 0 Å². The highest BCUT2D eigenvalue weighted by atomic mass is 16.6. The highest BCUT2D eigenvalue weighted by Gasteiger charge is 2.65. The van der Waals surface area contributed by atoms with Gasteiger partial charge in [-0.05, 0) is 36.2 Å². The minimum Gasteiger partial charge on any atom is -0.464 e. The van der Waals surface area contributed by atoms with E-state index >= 15 is 0 Å². The molecule has 9 heteroatoms. The largest absolute Gasteiger partial charge is 0.464 e. The molecule has 2 fully saturated rings. The third kappa shape index (κ3) is 3.20. The van der Waals surface area contributed by atoms with E-state index in [1.54, 1.807) is 13.8 Å². The van der Waals surface area contributed by atoms with Crippen LogP contribution in [-0.2, 0) is 19.1 Å². The minimum atomic E-state index is -1.01. The van der Waals surface area contributed by atoms with Gasteiger partial charge in [0.1, 0.15) is 6.04 Å². The van der Waals surface area contributed by atoms with Crippen molar-refractivity contribution < 1.29 is 24.0 Å². The van der Waals surface area contributed by atoms with E-state index in [1.165, 1.54) is 18.2 Å². The zero-order valence-corrected chi connectivity index (χ0v) is 20.2. The zero-order valence-electron chi connectivity index (χ0n) is 20.2. The van der Waals surface area contributed by atoms with Gasteiger partial charge in [-0.25, -0.2) is 9.69 Å². The van der Waals surface area contributed by atoms with Crippen molar-refractivity contribution in [3.63, 3.8) is 0 Å². The van der Waals surface area contributed by atoms with Crippen molar-refractivity contribution in [3.05, 3.63) is 81.9 Å². The lowest BCUT2D eigenvalue weighted by Crippen LogP contribution is -2.49. The first-order valence-corrected chi connectivity index (χ1v) is 12.1. The number of fused-ring (bicyclic) bond motifs is 7. The first-order valence-electron chi connectivity index (χ1n) is 12.1. The Bertz CT molecular complexity index is 1550. The normalized spacial score (nSPS) is 23.7. The van der Waals surface area contributed by atoms with Crippen LogP contribution in [0.5, 0.6) is 0 Å². The molecule has 186 valence electrons. The highest BCUT2D eigenvalue weighted by molar-refractivity contribution is 6.25. The Morgan fingerprint density at radius 3 is 2.54 bits per heavy atom. The Morgan fingerprint density at radius 2 is 1.78 bits per heavy atom. The maximum absolute atomic E-state index is 13.9. The van der Waals surface area contributed by atoms with Gasteiger partial charge in [-0.15, -0.1) is 0 Å². The Kier molecular flexibility index (Phi) is 5.11. The number of anilines is 2. The van der Waals surface area contributed by atoms with Gasteiger partial charge in [-0.2, -0.15) is 0 Å². The maximum Gasteiger partial charge on any atom is 0.329 e. The molecule has 0 radical (unpaired) electrons. The summed E-state index contributed by atoms with van der Waals surface area (Å²) in [5.41, 5.74) is 2.17. The SMILES string of the molecule is CCOC(=O)[C@@H]1[C@H]2C(=O)N(c3cc([N+](=O)[O-])ccc3C)C(=O)[C@@H]2[C@H]2C=Cc3c(ccc4ccccc34)N21. The minimum absolute atomic E-state index is 0.126. The van der Waals surface area contributed by atoms with Gasteiger partial charge in [0.15, 0.2) is 0 Å². The topological polar surface area (TPSA) is 110 Å². The number of hydrogen-bond donors (Lipinski definition) is 0. The quantitative estimate of drug-likeness (QED) is 0.232. The van der Waals surface area contributed by atoms with Gasteiger partial charge in [-0.3, -0.25) is 19.7 Å². The van der Waals surface area contributed by atoms with Crippen molar-refractivity contribution in [1.82, 2.24) is 0 Å². The van der Waals surface area contributed by atoms with E-state index < -0.39 is 46.6 Å². The van der Waals surface area contributed by atoms with Crippen LogP contribution in [0.2, 0.25) is 0 Å². The van der Waals surface area contributed by atoms with Crippen molar-refractivity contribution in [2.45, 2.75) is 25.9 Å². The van der Waals surface area contributed by atoms with Gasteiger partial charge in [0.05, 0.1) is 35.1 Å². The monoisotopic (exact) mass is 497 g/mol. The van der Waals surface area contributed by atoms with Crippen LogP contribution in [0, 0.1) is 28.9 Å². The molecule has 37 heavy (non-hydrogen) atoms. The molecule has 0 aliphatic carbocycles. The predicted octanol–water partition coefficient (Wildman–Crippen LogP) is 4.01. The Labute approximate surface area is 212 Å². The van der Waals surface area contributed by atoms with Crippen molar-refractivity contribution in [1.29, 1.82) is 0 Å². The molecular weight excluding hydrogens is 474 g/mol. The van der Waals surface area contributed by atoms with Crippen LogP contribution in [0.4, 0.5) is 17.1 Å². The first-order chi connectivity index (χ1) is 17.8. The summed E-state index contributed by atoms with van der Waals surface area (Å²) in [4.78, 5) is 54.8. The van der Waals surface area contributed by atoms with Crippen LogP contribution < -0.4 is 9.80 Å². The van der Waals surface area contributed by atoms with Crippen LogP contribution in [0.1, 0.15) is 18.1 Å². The standard InChI is InChI=1S/C28H23N3O6/c1-3-37-28(34)25-24-23(26(32)30(27(24)33)22-14-17(31(35)36)10-8-15(22)2)21-13-11-19-18-7-5-4-6-16(18)9-12-20(19)29(21)25/h4-14,21,23-25H,3H2,1-2H3/t21-,23-,24+,25+/m1/s1. The molecule has 3 aliphatic heterocycles. The molecule has 0 aromatic heterocycles. The van der Waals surface area contributed by atoms with E-state index in [-0.39, 0.29) is 18.0 Å². The number of benzene rings is 3. The smallest absolute Gasteiger partial charge is 0.329 e. The van der Waals surface area contributed by atoms with E-state index in [0.717, 1.165) is 26.9 Å². The molecule has 6 rings (SSSR count).